The highest BCUT2D eigenvalue weighted by Crippen LogP contribution is 2.24. The first-order valence-corrected chi connectivity index (χ1v) is 7.64. The summed E-state index contributed by atoms with van der Waals surface area (Å²) in [6.07, 6.45) is 4.40. The maximum atomic E-state index is 2.26. The average Bonchev–Trinajstić information content (AvgIpc) is 2.46. The first kappa shape index (κ1) is 12.8. The Morgan fingerprint density at radius 1 is 0.889 bits per heavy atom. The van der Waals surface area contributed by atoms with Crippen LogP contribution in [-0.4, -0.2) is 9.52 Å². The zero-order chi connectivity index (χ0) is 12.6. The van der Waals surface area contributed by atoms with E-state index in [9.17, 15) is 0 Å². The summed E-state index contributed by atoms with van der Waals surface area (Å²) in [6, 6.07) is 22.8. The third-order valence-corrected chi connectivity index (χ3v) is 4.49. The van der Waals surface area contributed by atoms with Gasteiger partial charge in [-0.25, -0.2) is 0 Å². The normalized spacial score (nSPS) is 11.2. The lowest BCUT2D eigenvalue weighted by Crippen LogP contribution is -2.09. The molecule has 2 aromatic carbocycles. The molecule has 0 nitrogen and oxygen atoms in total. The highest BCUT2D eigenvalue weighted by molar-refractivity contribution is 6.39. The Kier molecular flexibility index (Phi) is 4.97. The van der Waals surface area contributed by atoms with Crippen molar-refractivity contribution in [2.24, 2.45) is 0 Å². The summed E-state index contributed by atoms with van der Waals surface area (Å²) < 4.78 is 0. The van der Waals surface area contributed by atoms with Crippen LogP contribution < -0.4 is 0 Å². The summed E-state index contributed by atoms with van der Waals surface area (Å²) in [5.74, 6) is 0. The molecular weight excluding hydrogens is 232 g/mol. The second kappa shape index (κ2) is 6.97. The lowest BCUT2D eigenvalue weighted by atomic mass is 10.0. The minimum absolute atomic E-state index is 0.531. The van der Waals surface area contributed by atoms with Crippen LogP contribution in [0.3, 0.4) is 0 Å². The lowest BCUT2D eigenvalue weighted by Gasteiger charge is -2.16. The monoisotopic (exact) mass is 250 g/mol. The van der Waals surface area contributed by atoms with Crippen LogP contribution in [0.4, 0.5) is 0 Å². The van der Waals surface area contributed by atoms with Crippen LogP contribution in [0.1, 0.15) is 23.6 Å². The summed E-state index contributed by atoms with van der Waals surface area (Å²) >= 11 is 0. The smallest absolute Gasteiger partial charge is 0.0576 e. The van der Waals surface area contributed by atoms with Crippen molar-refractivity contribution in [3.8, 4) is 0 Å². The van der Waals surface area contributed by atoms with Crippen molar-refractivity contribution in [3.63, 3.8) is 0 Å². The second-order valence-electron chi connectivity index (χ2n) is 4.23. The van der Waals surface area contributed by atoms with E-state index in [0.29, 0.717) is 5.54 Å². The zero-order valence-electron chi connectivity index (χ0n) is 10.7. The van der Waals surface area contributed by atoms with Gasteiger partial charge >= 0.3 is 0 Å². The van der Waals surface area contributed by atoms with Crippen molar-refractivity contribution in [1.82, 2.24) is 0 Å². The molecule has 90 valence electrons. The van der Waals surface area contributed by atoms with E-state index in [2.05, 4.69) is 79.7 Å². The predicted molar refractivity (Wildman–Crippen MR) is 80.1 cm³/mol. The minimum atomic E-state index is 0.531. The quantitative estimate of drug-likeness (QED) is 0.542. The second-order valence-corrected chi connectivity index (χ2v) is 5.63. The molecule has 0 bridgehead atoms. The van der Waals surface area contributed by atoms with Crippen LogP contribution in [0.25, 0.3) is 0 Å². The van der Waals surface area contributed by atoms with E-state index >= 15 is 0 Å². The number of rotatable bonds is 5. The van der Waals surface area contributed by atoms with Crippen molar-refractivity contribution < 1.29 is 0 Å². The Morgan fingerprint density at radius 2 is 1.39 bits per heavy atom. The molecule has 0 spiro atoms. The van der Waals surface area contributed by atoms with Gasteiger partial charge in [-0.1, -0.05) is 72.8 Å². The van der Waals surface area contributed by atoms with Crippen LogP contribution >= 0.6 is 0 Å². The predicted octanol–water partition coefficient (Wildman–Crippen LogP) is 4.47. The molecule has 2 aromatic rings. The maximum Gasteiger partial charge on any atom is 0.0576 e. The van der Waals surface area contributed by atoms with Crippen molar-refractivity contribution in [2.45, 2.75) is 18.5 Å². The molecule has 2 radical (unpaired) electrons. The van der Waals surface area contributed by atoms with Crippen molar-refractivity contribution >= 4 is 9.52 Å². The van der Waals surface area contributed by atoms with E-state index in [0.717, 1.165) is 15.6 Å². The Labute approximate surface area is 112 Å². The SMILES string of the molecule is CC=CC[Si]C(c1ccccc1)c1ccccc1. The summed E-state index contributed by atoms with van der Waals surface area (Å²) in [4.78, 5) is 0. The van der Waals surface area contributed by atoms with Crippen molar-refractivity contribution in [1.29, 1.82) is 0 Å². The van der Waals surface area contributed by atoms with Gasteiger partial charge in [0.15, 0.2) is 0 Å². The van der Waals surface area contributed by atoms with Crippen LogP contribution in [0.5, 0.6) is 0 Å². The molecule has 1 heteroatoms. The first-order chi connectivity index (χ1) is 8.92. The van der Waals surface area contributed by atoms with Gasteiger partial charge in [0, 0.05) is 0 Å². The van der Waals surface area contributed by atoms with Gasteiger partial charge < -0.3 is 0 Å². The van der Waals surface area contributed by atoms with Gasteiger partial charge in [0.1, 0.15) is 0 Å². The summed E-state index contributed by atoms with van der Waals surface area (Å²) in [6.45, 7) is 2.09. The fraction of sp³-hybridized carbons (Fsp3) is 0.176. The molecule has 0 saturated carbocycles. The van der Waals surface area contributed by atoms with E-state index in [1.54, 1.807) is 0 Å². The molecule has 0 amide bonds. The van der Waals surface area contributed by atoms with Crippen molar-refractivity contribution in [3.05, 3.63) is 83.9 Å². The van der Waals surface area contributed by atoms with Crippen LogP contribution in [0.2, 0.25) is 6.04 Å². The molecule has 0 heterocycles. The molecule has 0 unspecified atom stereocenters. The number of allylic oxidation sites excluding steroid dienone is 2. The van der Waals surface area contributed by atoms with Crippen LogP contribution in [0.15, 0.2) is 72.8 Å². The molecule has 0 fully saturated rings. The topological polar surface area (TPSA) is 0 Å². The largest absolute Gasteiger partial charge is 0.0920 e. The Morgan fingerprint density at radius 3 is 1.83 bits per heavy atom. The Balaban J connectivity index is 2.23. The van der Waals surface area contributed by atoms with Gasteiger partial charge in [0.2, 0.25) is 0 Å². The van der Waals surface area contributed by atoms with Gasteiger partial charge in [0.05, 0.1) is 9.52 Å². The van der Waals surface area contributed by atoms with Gasteiger partial charge in [-0.05, 0) is 29.6 Å². The number of benzene rings is 2. The highest BCUT2D eigenvalue weighted by atomic mass is 28.2. The molecule has 0 N–H and O–H groups in total. The maximum absolute atomic E-state index is 2.26. The first-order valence-electron chi connectivity index (χ1n) is 6.36. The number of hydrogen-bond acceptors (Lipinski definition) is 0. The molecule has 0 saturated heterocycles. The molecular formula is C17H18Si. The zero-order valence-corrected chi connectivity index (χ0v) is 11.7. The molecule has 0 aliphatic rings. The molecule has 0 atom stereocenters. The van der Waals surface area contributed by atoms with E-state index < -0.39 is 0 Å². The minimum Gasteiger partial charge on any atom is -0.0920 e. The van der Waals surface area contributed by atoms with Gasteiger partial charge in [0.25, 0.3) is 0 Å². The highest BCUT2D eigenvalue weighted by Gasteiger charge is 2.13. The third-order valence-electron chi connectivity index (χ3n) is 2.94. The molecule has 0 aromatic heterocycles. The molecule has 18 heavy (non-hydrogen) atoms. The Bertz CT molecular complexity index is 434. The van der Waals surface area contributed by atoms with E-state index in [-0.39, 0.29) is 0 Å². The van der Waals surface area contributed by atoms with E-state index in [4.69, 9.17) is 0 Å². The van der Waals surface area contributed by atoms with Gasteiger partial charge in [-0.3, -0.25) is 0 Å². The third kappa shape index (κ3) is 3.44. The standard InChI is InChI=1S/C17H18Si/c1-2-3-14-18-17(15-10-6-4-7-11-15)16-12-8-5-9-13-16/h2-13,17H,14H2,1H3. The van der Waals surface area contributed by atoms with Crippen LogP contribution in [0, 0.1) is 0 Å². The summed E-state index contributed by atoms with van der Waals surface area (Å²) in [5.41, 5.74) is 3.38. The van der Waals surface area contributed by atoms with E-state index in [1.165, 1.54) is 11.1 Å². The fourth-order valence-electron chi connectivity index (χ4n) is 2.02. The van der Waals surface area contributed by atoms with Crippen LogP contribution in [-0.2, 0) is 0 Å². The van der Waals surface area contributed by atoms with Gasteiger partial charge in [-0.2, -0.15) is 0 Å². The molecule has 0 aliphatic carbocycles. The molecule has 2 rings (SSSR count). The fourth-order valence-corrected chi connectivity index (χ4v) is 3.49. The Hall–Kier alpha value is -1.60. The summed E-state index contributed by atoms with van der Waals surface area (Å²) in [5, 5.41) is 0. The number of hydrogen-bond donors (Lipinski definition) is 0. The lowest BCUT2D eigenvalue weighted by molar-refractivity contribution is 1.12. The van der Waals surface area contributed by atoms with Gasteiger partial charge in [-0.15, -0.1) is 0 Å². The summed E-state index contributed by atoms with van der Waals surface area (Å²) in [7, 11) is 0.898. The van der Waals surface area contributed by atoms with Crippen molar-refractivity contribution in [2.75, 3.05) is 0 Å². The molecule has 0 aliphatic heterocycles. The average molecular weight is 250 g/mol. The van der Waals surface area contributed by atoms with E-state index in [1.807, 2.05) is 0 Å².